The first kappa shape index (κ1) is 13.8. The van der Waals surface area contributed by atoms with E-state index in [1.165, 1.54) is 13.2 Å². The van der Waals surface area contributed by atoms with Crippen molar-refractivity contribution < 1.29 is 24.2 Å². The van der Waals surface area contributed by atoms with Crippen LogP contribution >= 0.6 is 0 Å². The Morgan fingerprint density at radius 3 is 2.67 bits per heavy atom. The van der Waals surface area contributed by atoms with Gasteiger partial charge in [0.2, 0.25) is 0 Å². The molecule has 18 heavy (non-hydrogen) atoms. The SMILES string of the molecule is COC(=O)COc1ccc(/C=C/C(=O)O)c(C)c1. The third kappa shape index (κ3) is 4.29. The van der Waals surface area contributed by atoms with Crippen molar-refractivity contribution in [1.82, 2.24) is 0 Å². The minimum absolute atomic E-state index is 0.153. The van der Waals surface area contributed by atoms with Crippen LogP contribution in [0.2, 0.25) is 0 Å². The van der Waals surface area contributed by atoms with Crippen LogP contribution in [-0.2, 0) is 14.3 Å². The van der Waals surface area contributed by atoms with Crippen LogP contribution in [0.4, 0.5) is 0 Å². The molecule has 0 aromatic heterocycles. The van der Waals surface area contributed by atoms with Crippen LogP contribution in [0.3, 0.4) is 0 Å². The fourth-order valence-electron chi connectivity index (χ4n) is 1.29. The van der Waals surface area contributed by atoms with Crippen LogP contribution in [0.1, 0.15) is 11.1 Å². The maximum absolute atomic E-state index is 10.9. The molecule has 0 aliphatic carbocycles. The Balaban J connectivity index is 2.73. The Hall–Kier alpha value is -2.30. The van der Waals surface area contributed by atoms with E-state index in [2.05, 4.69) is 4.74 Å². The van der Waals surface area contributed by atoms with E-state index in [4.69, 9.17) is 9.84 Å². The van der Waals surface area contributed by atoms with Crippen LogP contribution in [0.25, 0.3) is 6.08 Å². The molecule has 1 aromatic carbocycles. The second-order valence-electron chi connectivity index (χ2n) is 3.55. The van der Waals surface area contributed by atoms with Crippen molar-refractivity contribution in [2.45, 2.75) is 6.92 Å². The lowest BCUT2D eigenvalue weighted by molar-refractivity contribution is -0.143. The number of benzene rings is 1. The summed E-state index contributed by atoms with van der Waals surface area (Å²) in [5.74, 6) is -0.923. The van der Waals surface area contributed by atoms with E-state index in [0.717, 1.165) is 17.2 Å². The Kier molecular flexibility index (Phi) is 4.92. The number of carbonyl (C=O) groups is 2. The predicted molar refractivity (Wildman–Crippen MR) is 65.4 cm³/mol. The van der Waals surface area contributed by atoms with E-state index in [9.17, 15) is 9.59 Å². The normalized spacial score (nSPS) is 10.3. The molecule has 5 heteroatoms. The summed E-state index contributed by atoms with van der Waals surface area (Å²) in [5.41, 5.74) is 1.64. The second-order valence-corrected chi connectivity index (χ2v) is 3.55. The molecule has 0 aliphatic heterocycles. The molecule has 0 heterocycles. The predicted octanol–water partition coefficient (Wildman–Crippen LogP) is 1.64. The average molecular weight is 250 g/mol. The Bertz CT molecular complexity index is 476. The van der Waals surface area contributed by atoms with Crippen molar-refractivity contribution in [3.8, 4) is 5.75 Å². The summed E-state index contributed by atoms with van der Waals surface area (Å²) in [7, 11) is 1.29. The summed E-state index contributed by atoms with van der Waals surface area (Å²) in [6, 6.07) is 5.11. The third-order valence-corrected chi connectivity index (χ3v) is 2.23. The lowest BCUT2D eigenvalue weighted by Crippen LogP contribution is -2.12. The Labute approximate surface area is 105 Å². The summed E-state index contributed by atoms with van der Waals surface area (Å²) in [5, 5.41) is 8.53. The molecule has 0 amide bonds. The number of hydrogen-bond donors (Lipinski definition) is 1. The molecule has 1 N–H and O–H groups in total. The Morgan fingerprint density at radius 2 is 2.11 bits per heavy atom. The number of hydrogen-bond acceptors (Lipinski definition) is 4. The number of carboxylic acids is 1. The van der Waals surface area contributed by atoms with Gasteiger partial charge in [-0.05, 0) is 36.3 Å². The number of esters is 1. The van der Waals surface area contributed by atoms with Crippen molar-refractivity contribution in [3.63, 3.8) is 0 Å². The van der Waals surface area contributed by atoms with Gasteiger partial charge in [0.25, 0.3) is 0 Å². The number of aliphatic carboxylic acids is 1. The minimum atomic E-state index is -1.000. The standard InChI is InChI=1S/C13H14O5/c1-9-7-11(18-8-13(16)17-2)5-3-10(9)4-6-12(14)15/h3-7H,8H2,1-2H3,(H,14,15)/b6-4+. The first-order valence-corrected chi connectivity index (χ1v) is 5.24. The maximum atomic E-state index is 10.9. The summed E-state index contributed by atoms with van der Waals surface area (Å²) in [6.07, 6.45) is 2.57. The van der Waals surface area contributed by atoms with Gasteiger partial charge in [-0.1, -0.05) is 6.07 Å². The van der Waals surface area contributed by atoms with Gasteiger partial charge in [0.1, 0.15) is 5.75 Å². The maximum Gasteiger partial charge on any atom is 0.343 e. The van der Waals surface area contributed by atoms with E-state index in [1.807, 2.05) is 6.92 Å². The van der Waals surface area contributed by atoms with E-state index in [-0.39, 0.29) is 6.61 Å². The van der Waals surface area contributed by atoms with Crippen LogP contribution in [0, 0.1) is 6.92 Å². The zero-order valence-corrected chi connectivity index (χ0v) is 10.2. The van der Waals surface area contributed by atoms with Gasteiger partial charge < -0.3 is 14.6 Å². The highest BCUT2D eigenvalue weighted by Crippen LogP contribution is 2.18. The van der Waals surface area contributed by atoms with Crippen molar-refractivity contribution in [2.24, 2.45) is 0 Å². The number of carboxylic acid groups (broad SMARTS) is 1. The largest absolute Gasteiger partial charge is 0.482 e. The molecule has 0 saturated carbocycles. The van der Waals surface area contributed by atoms with Crippen molar-refractivity contribution in [2.75, 3.05) is 13.7 Å². The molecule has 0 spiro atoms. The molecular weight excluding hydrogens is 236 g/mol. The molecule has 0 aliphatic rings. The number of carbonyl (C=O) groups excluding carboxylic acids is 1. The fourth-order valence-corrected chi connectivity index (χ4v) is 1.29. The molecule has 0 atom stereocenters. The summed E-state index contributed by atoms with van der Waals surface area (Å²) in [4.78, 5) is 21.3. The van der Waals surface area contributed by atoms with Gasteiger partial charge in [-0.25, -0.2) is 9.59 Å². The zero-order chi connectivity index (χ0) is 13.5. The molecule has 1 aromatic rings. The van der Waals surface area contributed by atoms with E-state index < -0.39 is 11.9 Å². The van der Waals surface area contributed by atoms with Gasteiger partial charge in [0.15, 0.2) is 6.61 Å². The van der Waals surface area contributed by atoms with Crippen LogP contribution in [0.5, 0.6) is 5.75 Å². The number of rotatable bonds is 5. The lowest BCUT2D eigenvalue weighted by Gasteiger charge is -2.07. The van der Waals surface area contributed by atoms with Crippen molar-refractivity contribution in [1.29, 1.82) is 0 Å². The van der Waals surface area contributed by atoms with Gasteiger partial charge in [-0.15, -0.1) is 0 Å². The van der Waals surface area contributed by atoms with E-state index in [0.29, 0.717) is 5.75 Å². The summed E-state index contributed by atoms with van der Waals surface area (Å²) < 4.78 is 9.66. The molecule has 0 fully saturated rings. The molecular formula is C13H14O5. The van der Waals surface area contributed by atoms with Crippen LogP contribution < -0.4 is 4.74 Å². The monoisotopic (exact) mass is 250 g/mol. The van der Waals surface area contributed by atoms with Crippen molar-refractivity contribution >= 4 is 18.0 Å². The van der Waals surface area contributed by atoms with Gasteiger partial charge in [-0.2, -0.15) is 0 Å². The molecule has 0 bridgehead atoms. The highest BCUT2D eigenvalue weighted by Gasteiger charge is 2.03. The number of methoxy groups -OCH3 is 1. The van der Waals surface area contributed by atoms with Crippen molar-refractivity contribution in [3.05, 3.63) is 35.4 Å². The van der Waals surface area contributed by atoms with E-state index in [1.54, 1.807) is 18.2 Å². The third-order valence-electron chi connectivity index (χ3n) is 2.23. The van der Waals surface area contributed by atoms with E-state index >= 15 is 0 Å². The highest BCUT2D eigenvalue weighted by atomic mass is 16.6. The topological polar surface area (TPSA) is 72.8 Å². The fraction of sp³-hybridized carbons (Fsp3) is 0.231. The summed E-state index contributed by atoms with van der Waals surface area (Å²) in [6.45, 7) is 1.67. The van der Waals surface area contributed by atoms with Crippen LogP contribution in [0.15, 0.2) is 24.3 Å². The molecule has 1 rings (SSSR count). The first-order chi connectivity index (χ1) is 8.52. The number of aryl methyl sites for hydroxylation is 1. The zero-order valence-electron chi connectivity index (χ0n) is 10.2. The molecule has 96 valence electrons. The van der Waals surface area contributed by atoms with Crippen LogP contribution in [-0.4, -0.2) is 30.8 Å². The quantitative estimate of drug-likeness (QED) is 0.635. The van der Waals surface area contributed by atoms with Gasteiger partial charge in [0, 0.05) is 6.08 Å². The highest BCUT2D eigenvalue weighted by molar-refractivity contribution is 5.85. The average Bonchev–Trinajstić information content (AvgIpc) is 2.34. The second kappa shape index (κ2) is 6.44. The van der Waals surface area contributed by atoms with Gasteiger partial charge >= 0.3 is 11.9 Å². The molecule has 0 saturated heterocycles. The summed E-state index contributed by atoms with van der Waals surface area (Å²) >= 11 is 0. The Morgan fingerprint density at radius 1 is 1.39 bits per heavy atom. The molecule has 0 radical (unpaired) electrons. The minimum Gasteiger partial charge on any atom is -0.482 e. The number of ether oxygens (including phenoxy) is 2. The molecule has 5 nitrogen and oxygen atoms in total. The molecule has 0 unspecified atom stereocenters. The lowest BCUT2D eigenvalue weighted by atomic mass is 10.1. The van der Waals surface area contributed by atoms with Gasteiger partial charge in [0.05, 0.1) is 7.11 Å². The smallest absolute Gasteiger partial charge is 0.343 e. The van der Waals surface area contributed by atoms with Gasteiger partial charge in [-0.3, -0.25) is 0 Å². The first-order valence-electron chi connectivity index (χ1n) is 5.24.